The highest BCUT2D eigenvalue weighted by Crippen LogP contribution is 2.43. The molecule has 2 amide bonds. The summed E-state index contributed by atoms with van der Waals surface area (Å²) in [6, 6.07) is 33.6. The Kier molecular flexibility index (Phi) is 6.68. The summed E-state index contributed by atoms with van der Waals surface area (Å²) in [6.07, 6.45) is 0.870. The van der Waals surface area contributed by atoms with Crippen LogP contribution in [0.25, 0.3) is 11.1 Å². The van der Waals surface area contributed by atoms with Crippen molar-refractivity contribution in [1.82, 2.24) is 0 Å². The Labute approximate surface area is 210 Å². The summed E-state index contributed by atoms with van der Waals surface area (Å²) in [5, 5.41) is 2.90. The largest absolute Gasteiger partial charge is 0.322 e. The molecule has 0 bridgehead atoms. The number of nitrogens with one attached hydrogen (secondary N) is 1. The van der Waals surface area contributed by atoms with Crippen LogP contribution in [-0.2, 0) is 11.2 Å². The summed E-state index contributed by atoms with van der Waals surface area (Å²) < 4.78 is 0. The molecule has 4 aromatic rings. The van der Waals surface area contributed by atoms with E-state index in [0.29, 0.717) is 11.3 Å². The van der Waals surface area contributed by atoms with Crippen LogP contribution >= 0.6 is 11.8 Å². The first-order valence-electron chi connectivity index (χ1n) is 11.7. The molecule has 0 radical (unpaired) electrons. The van der Waals surface area contributed by atoms with E-state index in [1.165, 1.54) is 0 Å². The van der Waals surface area contributed by atoms with E-state index in [0.717, 1.165) is 40.0 Å². The third-order valence-corrected chi connectivity index (χ3v) is 7.42. The van der Waals surface area contributed by atoms with Crippen molar-refractivity contribution in [2.75, 3.05) is 16.0 Å². The molecule has 35 heavy (non-hydrogen) atoms. The number of carbonyl (C=O) groups is 2. The van der Waals surface area contributed by atoms with Gasteiger partial charge in [0.1, 0.15) is 5.37 Å². The number of anilines is 2. The fourth-order valence-corrected chi connectivity index (χ4v) is 5.52. The highest BCUT2D eigenvalue weighted by Gasteiger charge is 2.34. The summed E-state index contributed by atoms with van der Waals surface area (Å²) in [5.41, 5.74) is 6.70. The van der Waals surface area contributed by atoms with E-state index in [1.54, 1.807) is 11.8 Å². The van der Waals surface area contributed by atoms with Gasteiger partial charge in [-0.3, -0.25) is 14.5 Å². The minimum Gasteiger partial charge on any atom is -0.322 e. The molecule has 0 aromatic heterocycles. The van der Waals surface area contributed by atoms with Gasteiger partial charge in [0.25, 0.3) is 5.91 Å². The first kappa shape index (κ1) is 22.9. The third-order valence-electron chi connectivity index (χ3n) is 6.21. The second kappa shape index (κ2) is 10.2. The molecule has 0 saturated carbocycles. The molecule has 0 spiro atoms. The van der Waals surface area contributed by atoms with Gasteiger partial charge < -0.3 is 5.32 Å². The van der Waals surface area contributed by atoms with Gasteiger partial charge in [-0.05, 0) is 59.0 Å². The highest BCUT2D eigenvalue weighted by molar-refractivity contribution is 8.00. The summed E-state index contributed by atoms with van der Waals surface area (Å²) in [6.45, 7) is 2.11. The Balaban J connectivity index is 1.30. The van der Waals surface area contributed by atoms with Gasteiger partial charge in [-0.1, -0.05) is 79.7 Å². The molecule has 1 aliphatic heterocycles. The van der Waals surface area contributed by atoms with Crippen LogP contribution in [0.4, 0.5) is 11.4 Å². The predicted octanol–water partition coefficient (Wildman–Crippen LogP) is 6.95. The highest BCUT2D eigenvalue weighted by atomic mass is 32.2. The minimum atomic E-state index is -0.152. The van der Waals surface area contributed by atoms with Gasteiger partial charge in [0, 0.05) is 16.9 Å². The van der Waals surface area contributed by atoms with Crippen LogP contribution in [0.5, 0.6) is 0 Å². The average molecular weight is 479 g/mol. The topological polar surface area (TPSA) is 49.4 Å². The normalized spacial score (nSPS) is 15.3. The molecule has 1 fully saturated rings. The molecule has 174 valence electrons. The third kappa shape index (κ3) is 4.86. The van der Waals surface area contributed by atoms with Crippen molar-refractivity contribution in [3.8, 4) is 11.1 Å². The Morgan fingerprint density at radius 1 is 0.857 bits per heavy atom. The lowest BCUT2D eigenvalue weighted by molar-refractivity contribution is -0.115. The monoisotopic (exact) mass is 478 g/mol. The lowest BCUT2D eigenvalue weighted by Crippen LogP contribution is -2.28. The lowest BCUT2D eigenvalue weighted by Gasteiger charge is -2.26. The molecule has 1 aliphatic rings. The Bertz CT molecular complexity index is 1340. The first-order valence-corrected chi connectivity index (χ1v) is 12.8. The second-order valence-electron chi connectivity index (χ2n) is 8.43. The van der Waals surface area contributed by atoms with Gasteiger partial charge in [0.05, 0.1) is 5.75 Å². The fraction of sp³-hybridized carbons (Fsp3) is 0.133. The molecule has 1 atom stereocenters. The summed E-state index contributed by atoms with van der Waals surface area (Å²) >= 11 is 1.63. The van der Waals surface area contributed by atoms with Crippen LogP contribution in [0.3, 0.4) is 0 Å². The molecule has 4 aromatic carbocycles. The number of rotatable bonds is 6. The van der Waals surface area contributed by atoms with Gasteiger partial charge in [-0.25, -0.2) is 0 Å². The van der Waals surface area contributed by atoms with Crippen LogP contribution in [0.2, 0.25) is 0 Å². The number of para-hydroxylation sites is 1. The number of hydrogen-bond acceptors (Lipinski definition) is 3. The number of nitrogens with zero attached hydrogens (tertiary/aromatic N) is 1. The lowest BCUT2D eigenvalue weighted by atomic mass is 10.0. The van der Waals surface area contributed by atoms with Crippen LogP contribution < -0.4 is 10.2 Å². The molecule has 1 N–H and O–H groups in total. The number of thioether (sulfide) groups is 1. The zero-order valence-corrected chi connectivity index (χ0v) is 20.3. The van der Waals surface area contributed by atoms with Crippen molar-refractivity contribution in [3.05, 3.63) is 120 Å². The zero-order chi connectivity index (χ0) is 24.2. The maximum atomic E-state index is 12.8. The average Bonchev–Trinajstić information content (AvgIpc) is 3.30. The predicted molar refractivity (Wildman–Crippen MR) is 145 cm³/mol. The number of benzene rings is 4. The molecule has 0 aliphatic carbocycles. The summed E-state index contributed by atoms with van der Waals surface area (Å²) in [4.78, 5) is 27.5. The van der Waals surface area contributed by atoms with Crippen molar-refractivity contribution in [2.45, 2.75) is 18.7 Å². The van der Waals surface area contributed by atoms with E-state index < -0.39 is 0 Å². The maximum Gasteiger partial charge on any atom is 0.255 e. The smallest absolute Gasteiger partial charge is 0.255 e. The van der Waals surface area contributed by atoms with Crippen molar-refractivity contribution < 1.29 is 9.59 Å². The first-order chi connectivity index (χ1) is 17.1. The van der Waals surface area contributed by atoms with Gasteiger partial charge in [-0.15, -0.1) is 11.8 Å². The summed E-state index contributed by atoms with van der Waals surface area (Å²) in [7, 11) is 0. The molecule has 5 rings (SSSR count). The molecular weight excluding hydrogens is 452 g/mol. The van der Waals surface area contributed by atoms with Crippen molar-refractivity contribution in [2.24, 2.45) is 0 Å². The Morgan fingerprint density at radius 2 is 1.51 bits per heavy atom. The quantitative estimate of drug-likeness (QED) is 0.326. The molecule has 4 nitrogen and oxygen atoms in total. The number of hydrogen-bond donors (Lipinski definition) is 1. The Morgan fingerprint density at radius 3 is 2.23 bits per heavy atom. The van der Waals surface area contributed by atoms with Crippen molar-refractivity contribution in [1.29, 1.82) is 0 Å². The van der Waals surface area contributed by atoms with E-state index in [-0.39, 0.29) is 17.2 Å². The van der Waals surface area contributed by atoms with Gasteiger partial charge >= 0.3 is 0 Å². The standard InChI is InChI=1S/C30H26N2O2S/c1-2-21-8-6-7-11-27(21)32-28(33)20-35-30(32)25-16-18-26(19-17-25)31-29(34)24-14-12-23(13-15-24)22-9-4-3-5-10-22/h3-19,30H,2,20H2,1H3,(H,31,34)/t30-/m1/s1. The van der Waals surface area contributed by atoms with Crippen LogP contribution in [0.1, 0.15) is 33.8 Å². The molecule has 1 saturated heterocycles. The molecule has 1 heterocycles. The van der Waals surface area contributed by atoms with E-state index in [2.05, 4.69) is 30.4 Å². The summed E-state index contributed by atoms with van der Waals surface area (Å²) in [5.74, 6) is 0.429. The molecule has 5 heteroatoms. The minimum absolute atomic E-state index is 0.0783. The van der Waals surface area contributed by atoms with E-state index >= 15 is 0 Å². The van der Waals surface area contributed by atoms with Crippen LogP contribution in [0, 0.1) is 0 Å². The fourth-order valence-electron chi connectivity index (χ4n) is 4.35. The molecular formula is C30H26N2O2S. The van der Waals surface area contributed by atoms with E-state index in [4.69, 9.17) is 0 Å². The second-order valence-corrected chi connectivity index (χ2v) is 9.50. The van der Waals surface area contributed by atoms with Crippen LogP contribution in [0.15, 0.2) is 103 Å². The Hall–Kier alpha value is -3.83. The van der Waals surface area contributed by atoms with Gasteiger partial charge in [0.15, 0.2) is 0 Å². The van der Waals surface area contributed by atoms with Crippen molar-refractivity contribution in [3.63, 3.8) is 0 Å². The number of aryl methyl sites for hydroxylation is 1. The van der Waals surface area contributed by atoms with E-state index in [9.17, 15) is 9.59 Å². The van der Waals surface area contributed by atoms with Crippen LogP contribution in [-0.4, -0.2) is 17.6 Å². The zero-order valence-electron chi connectivity index (χ0n) is 19.5. The number of carbonyl (C=O) groups excluding carboxylic acids is 2. The van der Waals surface area contributed by atoms with E-state index in [1.807, 2.05) is 89.8 Å². The SMILES string of the molecule is CCc1ccccc1N1C(=O)CS[C@@H]1c1ccc(NC(=O)c2ccc(-c3ccccc3)cc2)cc1. The van der Waals surface area contributed by atoms with Crippen molar-refractivity contribution >= 4 is 35.0 Å². The maximum absolute atomic E-state index is 12.8. The van der Waals surface area contributed by atoms with Gasteiger partial charge in [-0.2, -0.15) is 0 Å². The molecule has 0 unspecified atom stereocenters. The van der Waals surface area contributed by atoms with Gasteiger partial charge in [0.2, 0.25) is 5.91 Å². The number of amides is 2.